The van der Waals surface area contributed by atoms with Crippen LogP contribution in [0.15, 0.2) is 18.2 Å². The third-order valence-corrected chi connectivity index (χ3v) is 3.77. The van der Waals surface area contributed by atoms with Crippen molar-refractivity contribution < 1.29 is 4.39 Å². The van der Waals surface area contributed by atoms with Crippen molar-refractivity contribution in [1.82, 2.24) is 10.2 Å². The van der Waals surface area contributed by atoms with Crippen molar-refractivity contribution in [3.05, 3.63) is 35.1 Å². The quantitative estimate of drug-likeness (QED) is 0.899. The molecule has 0 aliphatic carbocycles. The van der Waals surface area contributed by atoms with Crippen LogP contribution in [-0.4, -0.2) is 37.6 Å². The maximum Gasteiger partial charge on any atom is 0.126 e. The van der Waals surface area contributed by atoms with E-state index in [1.165, 1.54) is 5.56 Å². The van der Waals surface area contributed by atoms with Crippen molar-refractivity contribution in [2.45, 2.75) is 27.2 Å². The standard InChI is InChI=1S/C16H25FN2/c1-13-10-14(4-5-15(13)17)11-16(2,3)12-19-8-6-18-7-9-19/h4-5,10,18H,6-9,11-12H2,1-3H3. The molecule has 0 saturated carbocycles. The summed E-state index contributed by atoms with van der Waals surface area (Å²) in [5.41, 5.74) is 2.20. The van der Waals surface area contributed by atoms with Crippen molar-refractivity contribution >= 4 is 0 Å². The Morgan fingerprint density at radius 2 is 1.95 bits per heavy atom. The zero-order valence-corrected chi connectivity index (χ0v) is 12.3. The largest absolute Gasteiger partial charge is 0.314 e. The predicted molar refractivity (Wildman–Crippen MR) is 77.9 cm³/mol. The highest BCUT2D eigenvalue weighted by molar-refractivity contribution is 5.24. The molecule has 1 saturated heterocycles. The lowest BCUT2D eigenvalue weighted by molar-refractivity contribution is 0.160. The number of hydrogen-bond donors (Lipinski definition) is 1. The molecule has 19 heavy (non-hydrogen) atoms. The van der Waals surface area contributed by atoms with E-state index in [-0.39, 0.29) is 11.2 Å². The number of halogens is 1. The van der Waals surface area contributed by atoms with Crippen LogP contribution in [0.3, 0.4) is 0 Å². The van der Waals surface area contributed by atoms with Gasteiger partial charge >= 0.3 is 0 Å². The van der Waals surface area contributed by atoms with Crippen molar-refractivity contribution in [3.63, 3.8) is 0 Å². The molecule has 1 aliphatic heterocycles. The van der Waals surface area contributed by atoms with E-state index >= 15 is 0 Å². The number of piperazine rings is 1. The van der Waals surface area contributed by atoms with Gasteiger partial charge in [-0.25, -0.2) is 4.39 Å². The minimum atomic E-state index is -0.108. The molecule has 3 heteroatoms. The number of nitrogens with zero attached hydrogens (tertiary/aromatic N) is 1. The van der Waals surface area contributed by atoms with E-state index in [9.17, 15) is 4.39 Å². The summed E-state index contributed by atoms with van der Waals surface area (Å²) in [5.74, 6) is -0.108. The summed E-state index contributed by atoms with van der Waals surface area (Å²) < 4.78 is 13.3. The van der Waals surface area contributed by atoms with E-state index in [0.29, 0.717) is 0 Å². The highest BCUT2D eigenvalue weighted by Gasteiger charge is 2.23. The highest BCUT2D eigenvalue weighted by Crippen LogP contribution is 2.24. The van der Waals surface area contributed by atoms with E-state index in [0.717, 1.165) is 44.7 Å². The fraction of sp³-hybridized carbons (Fsp3) is 0.625. The van der Waals surface area contributed by atoms with Crippen molar-refractivity contribution in [3.8, 4) is 0 Å². The second-order valence-electron chi connectivity index (χ2n) is 6.45. The van der Waals surface area contributed by atoms with Gasteiger partial charge < -0.3 is 10.2 Å². The average molecular weight is 264 g/mol. The van der Waals surface area contributed by atoms with Gasteiger partial charge in [0, 0.05) is 32.7 Å². The smallest absolute Gasteiger partial charge is 0.126 e. The molecule has 0 radical (unpaired) electrons. The van der Waals surface area contributed by atoms with Crippen LogP contribution in [0.1, 0.15) is 25.0 Å². The van der Waals surface area contributed by atoms with Gasteiger partial charge in [0.2, 0.25) is 0 Å². The Morgan fingerprint density at radius 3 is 2.58 bits per heavy atom. The number of rotatable bonds is 4. The normalized spacial score (nSPS) is 17.7. The molecule has 0 spiro atoms. The Hall–Kier alpha value is -0.930. The molecule has 1 aromatic carbocycles. The zero-order chi connectivity index (χ0) is 13.9. The van der Waals surface area contributed by atoms with Gasteiger partial charge in [0.25, 0.3) is 0 Å². The molecule has 1 aliphatic rings. The molecule has 1 fully saturated rings. The molecule has 0 atom stereocenters. The fourth-order valence-corrected chi connectivity index (χ4v) is 2.90. The number of hydrogen-bond acceptors (Lipinski definition) is 2. The summed E-state index contributed by atoms with van der Waals surface area (Å²) in [5, 5.41) is 3.38. The lowest BCUT2D eigenvalue weighted by atomic mass is 9.84. The number of nitrogens with one attached hydrogen (secondary N) is 1. The van der Waals surface area contributed by atoms with E-state index in [4.69, 9.17) is 0 Å². The average Bonchev–Trinajstić information content (AvgIpc) is 2.34. The molecule has 2 rings (SSSR count). The van der Waals surface area contributed by atoms with Crippen LogP contribution in [0.5, 0.6) is 0 Å². The van der Waals surface area contributed by atoms with Gasteiger partial charge in [-0.2, -0.15) is 0 Å². The van der Waals surface area contributed by atoms with Crippen LogP contribution in [-0.2, 0) is 6.42 Å². The second-order valence-corrected chi connectivity index (χ2v) is 6.45. The molecule has 0 bridgehead atoms. The van der Waals surface area contributed by atoms with E-state index in [1.807, 2.05) is 19.1 Å². The van der Waals surface area contributed by atoms with Gasteiger partial charge in [0.15, 0.2) is 0 Å². The van der Waals surface area contributed by atoms with Crippen LogP contribution in [0, 0.1) is 18.2 Å². The first-order chi connectivity index (χ1) is 8.96. The van der Waals surface area contributed by atoms with Gasteiger partial charge in [0.1, 0.15) is 5.82 Å². The summed E-state index contributed by atoms with van der Waals surface area (Å²) in [6, 6.07) is 5.49. The maximum absolute atomic E-state index is 13.3. The van der Waals surface area contributed by atoms with Gasteiger partial charge in [-0.15, -0.1) is 0 Å². The topological polar surface area (TPSA) is 15.3 Å². The summed E-state index contributed by atoms with van der Waals surface area (Å²) in [6.45, 7) is 12.0. The van der Waals surface area contributed by atoms with Gasteiger partial charge in [-0.3, -0.25) is 0 Å². The Balaban J connectivity index is 1.96. The van der Waals surface area contributed by atoms with Gasteiger partial charge in [0.05, 0.1) is 0 Å². The monoisotopic (exact) mass is 264 g/mol. The van der Waals surface area contributed by atoms with Crippen LogP contribution in [0.25, 0.3) is 0 Å². The number of benzene rings is 1. The predicted octanol–water partition coefficient (Wildman–Crippen LogP) is 2.61. The van der Waals surface area contributed by atoms with Crippen molar-refractivity contribution in [1.29, 1.82) is 0 Å². The van der Waals surface area contributed by atoms with E-state index < -0.39 is 0 Å². The van der Waals surface area contributed by atoms with Crippen molar-refractivity contribution in [2.24, 2.45) is 5.41 Å². The van der Waals surface area contributed by atoms with Crippen molar-refractivity contribution in [2.75, 3.05) is 32.7 Å². The maximum atomic E-state index is 13.3. The van der Waals surface area contributed by atoms with Crippen LogP contribution < -0.4 is 5.32 Å². The zero-order valence-electron chi connectivity index (χ0n) is 12.3. The summed E-state index contributed by atoms with van der Waals surface area (Å²) >= 11 is 0. The molecule has 0 amide bonds. The molecule has 1 heterocycles. The molecular formula is C16H25FN2. The Kier molecular flexibility index (Phi) is 4.58. The van der Waals surface area contributed by atoms with Crippen LogP contribution >= 0.6 is 0 Å². The van der Waals surface area contributed by atoms with Gasteiger partial charge in [-0.05, 0) is 36.0 Å². The van der Waals surface area contributed by atoms with Gasteiger partial charge in [-0.1, -0.05) is 26.0 Å². The second kappa shape index (κ2) is 6.02. The SMILES string of the molecule is Cc1cc(CC(C)(C)CN2CCNCC2)ccc1F. The lowest BCUT2D eigenvalue weighted by Crippen LogP contribution is -2.47. The summed E-state index contributed by atoms with van der Waals surface area (Å²) in [4.78, 5) is 2.52. The molecule has 2 nitrogen and oxygen atoms in total. The Morgan fingerprint density at radius 1 is 1.26 bits per heavy atom. The van der Waals surface area contributed by atoms with E-state index in [2.05, 4.69) is 24.1 Å². The highest BCUT2D eigenvalue weighted by atomic mass is 19.1. The van der Waals surface area contributed by atoms with Crippen LogP contribution in [0.4, 0.5) is 4.39 Å². The summed E-state index contributed by atoms with van der Waals surface area (Å²) in [7, 11) is 0. The third-order valence-electron chi connectivity index (χ3n) is 3.77. The molecule has 106 valence electrons. The third kappa shape index (κ3) is 4.29. The Bertz CT molecular complexity index is 423. The van der Waals surface area contributed by atoms with Crippen LogP contribution in [0.2, 0.25) is 0 Å². The molecule has 1 N–H and O–H groups in total. The first-order valence-corrected chi connectivity index (χ1v) is 7.14. The molecular weight excluding hydrogens is 239 g/mol. The first-order valence-electron chi connectivity index (χ1n) is 7.14. The minimum absolute atomic E-state index is 0.108. The molecule has 1 aromatic rings. The fourth-order valence-electron chi connectivity index (χ4n) is 2.90. The minimum Gasteiger partial charge on any atom is -0.314 e. The summed E-state index contributed by atoms with van der Waals surface area (Å²) in [6.07, 6.45) is 0.998. The number of aryl methyl sites for hydroxylation is 1. The lowest BCUT2D eigenvalue weighted by Gasteiger charge is -2.35. The molecule has 0 aromatic heterocycles. The first kappa shape index (κ1) is 14.5. The Labute approximate surface area is 116 Å². The van der Waals surface area contributed by atoms with E-state index in [1.54, 1.807) is 6.07 Å². The molecule has 0 unspecified atom stereocenters.